The molecule has 1 aliphatic rings. The summed E-state index contributed by atoms with van der Waals surface area (Å²) in [4.78, 5) is 4.22. The van der Waals surface area contributed by atoms with Gasteiger partial charge in [0.05, 0.1) is 6.10 Å². The Labute approximate surface area is 124 Å². The molecule has 3 N–H and O–H groups in total. The molecule has 0 aromatic carbocycles. The van der Waals surface area contributed by atoms with Crippen LogP contribution in [0.3, 0.4) is 0 Å². The van der Waals surface area contributed by atoms with Crippen LogP contribution >= 0.6 is 23.1 Å². The van der Waals surface area contributed by atoms with Gasteiger partial charge in [-0.05, 0) is 18.8 Å². The summed E-state index contributed by atoms with van der Waals surface area (Å²) in [6.45, 7) is 0. The van der Waals surface area contributed by atoms with Gasteiger partial charge in [0.15, 0.2) is 0 Å². The van der Waals surface area contributed by atoms with Crippen LogP contribution in [0.4, 0.5) is 0 Å². The van der Waals surface area contributed by atoms with E-state index in [0.717, 1.165) is 28.9 Å². The molecule has 0 bridgehead atoms. The van der Waals surface area contributed by atoms with Gasteiger partial charge in [0.1, 0.15) is 4.34 Å². The smallest absolute Gasteiger partial charge is 0.149 e. The molecule has 1 aliphatic carbocycles. The van der Waals surface area contributed by atoms with Crippen molar-refractivity contribution < 1.29 is 5.11 Å². The van der Waals surface area contributed by atoms with Gasteiger partial charge in [0.25, 0.3) is 0 Å². The second-order valence-corrected chi connectivity index (χ2v) is 7.64. The number of hydrogen-bond acceptors (Lipinski definition) is 5. The minimum absolute atomic E-state index is 0.0556. The van der Waals surface area contributed by atoms with Crippen molar-refractivity contribution in [3.05, 3.63) is 11.6 Å². The van der Waals surface area contributed by atoms with Crippen LogP contribution in [-0.2, 0) is 0 Å². The first-order valence-electron chi connectivity index (χ1n) is 7.21. The zero-order valence-corrected chi connectivity index (χ0v) is 13.0. The molecule has 3 nitrogen and oxygen atoms in total. The van der Waals surface area contributed by atoms with E-state index in [1.54, 1.807) is 23.1 Å². The maximum absolute atomic E-state index is 10.1. The number of nitrogens with two attached hydrogens (primary N) is 1. The summed E-state index contributed by atoms with van der Waals surface area (Å²) in [6.07, 6.45) is 9.86. The Bertz CT molecular complexity index is 339. The highest BCUT2D eigenvalue weighted by atomic mass is 32.2. The molecule has 1 saturated carbocycles. The van der Waals surface area contributed by atoms with E-state index in [-0.39, 0.29) is 12.1 Å². The summed E-state index contributed by atoms with van der Waals surface area (Å²) < 4.78 is 1.08. The third-order valence-corrected chi connectivity index (χ3v) is 5.87. The van der Waals surface area contributed by atoms with Crippen molar-refractivity contribution in [2.75, 3.05) is 5.75 Å². The second-order valence-electron chi connectivity index (χ2n) is 5.41. The highest BCUT2D eigenvalue weighted by Gasteiger charge is 2.21. The third-order valence-electron chi connectivity index (χ3n) is 3.87. The highest BCUT2D eigenvalue weighted by molar-refractivity contribution is 8.00. The van der Waals surface area contributed by atoms with Gasteiger partial charge in [-0.2, -0.15) is 0 Å². The molecule has 2 atom stereocenters. The largest absolute Gasteiger partial charge is 0.391 e. The normalized spacial score (nSPS) is 20.3. The lowest BCUT2D eigenvalue weighted by Gasteiger charge is -2.27. The van der Waals surface area contributed by atoms with E-state index in [9.17, 15) is 5.11 Å². The Morgan fingerprint density at radius 3 is 2.89 bits per heavy atom. The molecule has 2 rings (SSSR count). The molecule has 1 aromatic rings. The molecule has 0 unspecified atom stereocenters. The van der Waals surface area contributed by atoms with E-state index < -0.39 is 0 Å². The van der Waals surface area contributed by atoms with Crippen LogP contribution in [0.1, 0.15) is 44.9 Å². The predicted octanol–water partition coefficient (Wildman–Crippen LogP) is 3.28. The molecule has 0 amide bonds. The Balaban J connectivity index is 1.62. The molecule has 19 heavy (non-hydrogen) atoms. The van der Waals surface area contributed by atoms with Crippen LogP contribution in [-0.4, -0.2) is 28.0 Å². The maximum atomic E-state index is 10.1. The summed E-state index contributed by atoms with van der Waals surface area (Å²) in [6, 6.07) is -0.0556. The SMILES string of the molecule is N[C@@H](CC1CCCCC1)[C@@H](O)CCSc1nccs1. The summed E-state index contributed by atoms with van der Waals surface area (Å²) in [5.74, 6) is 1.64. The van der Waals surface area contributed by atoms with E-state index in [4.69, 9.17) is 5.73 Å². The first kappa shape index (κ1) is 15.3. The van der Waals surface area contributed by atoms with Crippen molar-refractivity contribution in [2.24, 2.45) is 11.7 Å². The lowest BCUT2D eigenvalue weighted by atomic mass is 9.84. The lowest BCUT2D eigenvalue weighted by Crippen LogP contribution is -2.37. The quantitative estimate of drug-likeness (QED) is 0.759. The second kappa shape index (κ2) is 8.25. The molecule has 0 saturated heterocycles. The molecular weight excluding hydrogens is 276 g/mol. The Kier molecular flexibility index (Phi) is 6.64. The maximum Gasteiger partial charge on any atom is 0.149 e. The van der Waals surface area contributed by atoms with Crippen molar-refractivity contribution >= 4 is 23.1 Å². The van der Waals surface area contributed by atoms with E-state index in [1.807, 2.05) is 11.6 Å². The van der Waals surface area contributed by atoms with Crippen LogP contribution in [0.2, 0.25) is 0 Å². The monoisotopic (exact) mass is 300 g/mol. The fourth-order valence-corrected chi connectivity index (χ4v) is 4.45. The van der Waals surface area contributed by atoms with Crippen molar-refractivity contribution in [1.29, 1.82) is 0 Å². The molecule has 1 fully saturated rings. The van der Waals surface area contributed by atoms with Crippen molar-refractivity contribution in [1.82, 2.24) is 4.98 Å². The van der Waals surface area contributed by atoms with Gasteiger partial charge in [-0.15, -0.1) is 11.3 Å². The third kappa shape index (κ3) is 5.42. The molecule has 108 valence electrons. The van der Waals surface area contributed by atoms with E-state index in [2.05, 4.69) is 4.98 Å². The van der Waals surface area contributed by atoms with Gasteiger partial charge in [-0.3, -0.25) is 0 Å². The van der Waals surface area contributed by atoms with Crippen LogP contribution in [0, 0.1) is 5.92 Å². The molecule has 0 spiro atoms. The van der Waals surface area contributed by atoms with Gasteiger partial charge < -0.3 is 10.8 Å². The summed E-state index contributed by atoms with van der Waals surface area (Å²) in [5, 5.41) is 12.1. The molecule has 1 heterocycles. The van der Waals surface area contributed by atoms with Crippen LogP contribution in [0.25, 0.3) is 0 Å². The number of aliphatic hydroxyl groups excluding tert-OH is 1. The standard InChI is InChI=1S/C14H24N2OS2/c15-12(10-11-4-2-1-3-5-11)13(17)6-8-18-14-16-7-9-19-14/h7,9,11-13,17H,1-6,8,10,15H2/t12-,13-/m0/s1. The summed E-state index contributed by atoms with van der Waals surface area (Å²) >= 11 is 3.36. The summed E-state index contributed by atoms with van der Waals surface area (Å²) in [5.41, 5.74) is 6.14. The number of aromatic nitrogens is 1. The predicted molar refractivity (Wildman–Crippen MR) is 82.6 cm³/mol. The van der Waals surface area contributed by atoms with Crippen molar-refractivity contribution in [2.45, 2.75) is 61.4 Å². The highest BCUT2D eigenvalue weighted by Crippen LogP contribution is 2.28. The molecule has 0 aliphatic heterocycles. The Morgan fingerprint density at radius 1 is 1.42 bits per heavy atom. The Morgan fingerprint density at radius 2 is 2.21 bits per heavy atom. The van der Waals surface area contributed by atoms with E-state index in [0.29, 0.717) is 0 Å². The lowest BCUT2D eigenvalue weighted by molar-refractivity contribution is 0.124. The fourth-order valence-electron chi connectivity index (χ4n) is 2.73. The van der Waals surface area contributed by atoms with Gasteiger partial charge in [-0.1, -0.05) is 43.9 Å². The number of thioether (sulfide) groups is 1. The average Bonchev–Trinajstić information content (AvgIpc) is 2.93. The number of rotatable bonds is 7. The van der Waals surface area contributed by atoms with Crippen LogP contribution in [0.15, 0.2) is 15.9 Å². The van der Waals surface area contributed by atoms with Gasteiger partial charge >= 0.3 is 0 Å². The molecule has 5 heteroatoms. The van der Waals surface area contributed by atoms with Gasteiger partial charge in [0.2, 0.25) is 0 Å². The minimum Gasteiger partial charge on any atom is -0.391 e. The molecular formula is C14H24N2OS2. The molecule has 1 aromatic heterocycles. The Hall–Kier alpha value is -0.100. The van der Waals surface area contributed by atoms with Crippen LogP contribution in [0.5, 0.6) is 0 Å². The van der Waals surface area contributed by atoms with E-state index in [1.165, 1.54) is 32.1 Å². The van der Waals surface area contributed by atoms with Crippen LogP contribution < -0.4 is 5.73 Å². The first-order valence-corrected chi connectivity index (χ1v) is 9.08. The average molecular weight is 300 g/mol. The number of thiazole rings is 1. The fraction of sp³-hybridized carbons (Fsp3) is 0.786. The zero-order valence-electron chi connectivity index (χ0n) is 11.3. The van der Waals surface area contributed by atoms with E-state index >= 15 is 0 Å². The van der Waals surface area contributed by atoms with Gasteiger partial charge in [-0.25, -0.2) is 4.98 Å². The molecule has 0 radical (unpaired) electrons. The topological polar surface area (TPSA) is 59.1 Å². The first-order chi connectivity index (χ1) is 9.25. The number of aliphatic hydroxyl groups is 1. The summed E-state index contributed by atoms with van der Waals surface area (Å²) in [7, 11) is 0. The number of nitrogens with zero attached hydrogens (tertiary/aromatic N) is 1. The van der Waals surface area contributed by atoms with Crippen molar-refractivity contribution in [3.63, 3.8) is 0 Å². The van der Waals surface area contributed by atoms with Crippen molar-refractivity contribution in [3.8, 4) is 0 Å². The minimum atomic E-state index is -0.366. The van der Waals surface area contributed by atoms with Gasteiger partial charge in [0, 0.05) is 23.4 Å². The zero-order chi connectivity index (χ0) is 13.5. The number of hydrogen-bond donors (Lipinski definition) is 2.